The number of carboxylic acids is 1. The highest BCUT2D eigenvalue weighted by molar-refractivity contribution is 5.93. The number of carboxylic acid groups (broad SMARTS) is 1. The lowest BCUT2D eigenvalue weighted by Gasteiger charge is -2.13. The van der Waals surface area contributed by atoms with Crippen molar-refractivity contribution in [2.24, 2.45) is 17.8 Å². The highest BCUT2D eigenvalue weighted by Crippen LogP contribution is 2.36. The number of nitriles is 1. The van der Waals surface area contributed by atoms with E-state index in [0.717, 1.165) is 0 Å². The molecule has 0 saturated heterocycles. The molecule has 0 unspecified atom stereocenters. The van der Waals surface area contributed by atoms with Crippen LogP contribution in [0, 0.1) is 29.1 Å². The van der Waals surface area contributed by atoms with Gasteiger partial charge in [0.2, 0.25) is 0 Å². The second kappa shape index (κ2) is 4.75. The van der Waals surface area contributed by atoms with Gasteiger partial charge in [0.05, 0.1) is 31.4 Å². The molecule has 6 heteroatoms. The van der Waals surface area contributed by atoms with Crippen LogP contribution in [0.15, 0.2) is 0 Å². The molecule has 0 radical (unpaired) electrons. The zero-order valence-corrected chi connectivity index (χ0v) is 8.67. The molecule has 3 atom stereocenters. The van der Waals surface area contributed by atoms with Crippen LogP contribution in [0.2, 0.25) is 0 Å². The van der Waals surface area contributed by atoms with E-state index in [9.17, 15) is 14.4 Å². The van der Waals surface area contributed by atoms with Gasteiger partial charge in [-0.25, -0.2) is 0 Å². The van der Waals surface area contributed by atoms with Crippen molar-refractivity contribution in [1.29, 1.82) is 5.26 Å². The summed E-state index contributed by atoms with van der Waals surface area (Å²) in [6.45, 7) is 0. The molecule has 1 rings (SSSR count). The zero-order chi connectivity index (χ0) is 12.3. The van der Waals surface area contributed by atoms with Crippen molar-refractivity contribution in [1.82, 2.24) is 0 Å². The van der Waals surface area contributed by atoms with E-state index < -0.39 is 36.1 Å². The second-order valence-corrected chi connectivity index (χ2v) is 3.66. The number of nitrogens with zero attached hydrogens (tertiary/aromatic N) is 1. The van der Waals surface area contributed by atoms with Crippen molar-refractivity contribution < 1.29 is 24.2 Å². The van der Waals surface area contributed by atoms with Crippen LogP contribution in [-0.4, -0.2) is 29.9 Å². The molecule has 0 heterocycles. The van der Waals surface area contributed by atoms with E-state index in [1.807, 2.05) is 6.07 Å². The summed E-state index contributed by atoms with van der Waals surface area (Å²) in [5, 5.41) is 17.5. The van der Waals surface area contributed by atoms with Gasteiger partial charge < -0.3 is 9.84 Å². The monoisotopic (exact) mass is 225 g/mol. The van der Waals surface area contributed by atoms with E-state index >= 15 is 0 Å². The Morgan fingerprint density at radius 2 is 2.25 bits per heavy atom. The first-order valence-electron chi connectivity index (χ1n) is 4.73. The fourth-order valence-electron chi connectivity index (χ4n) is 1.97. The van der Waals surface area contributed by atoms with Gasteiger partial charge in [-0.1, -0.05) is 0 Å². The summed E-state index contributed by atoms with van der Waals surface area (Å²) in [6, 6.07) is 1.83. The normalized spacial score (nSPS) is 28.5. The first kappa shape index (κ1) is 12.2. The van der Waals surface area contributed by atoms with Crippen LogP contribution in [-0.2, 0) is 19.1 Å². The number of aliphatic carboxylic acids is 1. The summed E-state index contributed by atoms with van der Waals surface area (Å²) in [7, 11) is 1.17. The number of ketones is 1. The summed E-state index contributed by atoms with van der Waals surface area (Å²) < 4.78 is 4.48. The Morgan fingerprint density at radius 3 is 2.69 bits per heavy atom. The molecule has 16 heavy (non-hydrogen) atoms. The maximum absolute atomic E-state index is 11.5. The molecule has 0 bridgehead atoms. The molecule has 0 aromatic rings. The minimum atomic E-state index is -1.15. The van der Waals surface area contributed by atoms with Gasteiger partial charge in [0.15, 0.2) is 0 Å². The van der Waals surface area contributed by atoms with Gasteiger partial charge in [0.1, 0.15) is 5.78 Å². The zero-order valence-electron chi connectivity index (χ0n) is 8.67. The molecule has 1 aliphatic carbocycles. The van der Waals surface area contributed by atoms with Gasteiger partial charge in [0, 0.05) is 12.3 Å². The van der Waals surface area contributed by atoms with Gasteiger partial charge in [0.25, 0.3) is 0 Å². The van der Waals surface area contributed by atoms with Crippen LogP contribution in [0.1, 0.15) is 12.8 Å². The topological polar surface area (TPSA) is 104 Å². The Kier molecular flexibility index (Phi) is 3.61. The maximum Gasteiger partial charge on any atom is 0.310 e. The lowest BCUT2D eigenvalue weighted by atomic mass is 9.88. The minimum absolute atomic E-state index is 0.108. The van der Waals surface area contributed by atoms with Crippen LogP contribution in [0.4, 0.5) is 0 Å². The number of hydrogen-bond acceptors (Lipinski definition) is 5. The molecule has 6 nitrogen and oxygen atoms in total. The molecule has 1 fully saturated rings. The molecular weight excluding hydrogens is 214 g/mol. The third-order valence-electron chi connectivity index (χ3n) is 2.75. The number of carbonyl (C=O) groups is 3. The van der Waals surface area contributed by atoms with Crippen LogP contribution in [0.5, 0.6) is 0 Å². The molecule has 0 aromatic carbocycles. The van der Waals surface area contributed by atoms with Gasteiger partial charge in [-0.15, -0.1) is 0 Å². The smallest absolute Gasteiger partial charge is 0.310 e. The van der Waals surface area contributed by atoms with E-state index in [1.54, 1.807) is 0 Å². The van der Waals surface area contributed by atoms with Crippen LogP contribution in [0.3, 0.4) is 0 Å². The summed E-state index contributed by atoms with van der Waals surface area (Å²) >= 11 is 0. The average molecular weight is 225 g/mol. The van der Waals surface area contributed by atoms with Crippen LogP contribution >= 0.6 is 0 Å². The van der Waals surface area contributed by atoms with Crippen LogP contribution in [0.25, 0.3) is 0 Å². The molecule has 1 N–H and O–H groups in total. The van der Waals surface area contributed by atoms with Gasteiger partial charge >= 0.3 is 11.9 Å². The highest BCUT2D eigenvalue weighted by Gasteiger charge is 2.47. The Morgan fingerprint density at radius 1 is 1.62 bits per heavy atom. The van der Waals surface area contributed by atoms with Crippen molar-refractivity contribution in [3.8, 4) is 6.07 Å². The fourth-order valence-corrected chi connectivity index (χ4v) is 1.97. The predicted octanol–water partition coefficient (Wildman–Crippen LogP) is -0.0209. The quantitative estimate of drug-likeness (QED) is 0.677. The number of methoxy groups -OCH3 is 1. The van der Waals surface area contributed by atoms with Crippen molar-refractivity contribution in [2.75, 3.05) is 7.11 Å². The Hall–Kier alpha value is -1.90. The molecule has 0 amide bonds. The molecule has 86 valence electrons. The number of Topliss-reactive ketones (excluding diaryl/α,β-unsaturated/α-hetero) is 1. The Balaban J connectivity index is 2.88. The molecule has 0 aromatic heterocycles. The SMILES string of the molecule is COC(=O)[C@H]1CC(=O)[C@@H](CC(=O)O)[C@@H]1C#N. The van der Waals surface area contributed by atoms with Gasteiger partial charge in [-0.3, -0.25) is 14.4 Å². The highest BCUT2D eigenvalue weighted by atomic mass is 16.5. The lowest BCUT2D eigenvalue weighted by molar-refractivity contribution is -0.147. The standard InChI is InChI=1S/C10H11NO5/c1-16-10(15)6-2-8(12)5(3-9(13)14)7(6)4-11/h5-7H,2-3H2,1H3,(H,13,14)/t5-,6-,7-/m0/s1. The van der Waals surface area contributed by atoms with Crippen molar-refractivity contribution in [2.45, 2.75) is 12.8 Å². The van der Waals surface area contributed by atoms with E-state index in [0.29, 0.717) is 0 Å². The summed E-state index contributed by atoms with van der Waals surface area (Å²) in [4.78, 5) is 33.3. The summed E-state index contributed by atoms with van der Waals surface area (Å²) in [5.74, 6) is -4.75. The van der Waals surface area contributed by atoms with Crippen molar-refractivity contribution >= 4 is 17.7 Å². The maximum atomic E-state index is 11.5. The third kappa shape index (κ3) is 2.19. The summed E-state index contributed by atoms with van der Waals surface area (Å²) in [6.07, 6.45) is -0.520. The van der Waals surface area contributed by atoms with Gasteiger partial charge in [-0.2, -0.15) is 5.26 Å². The van der Waals surface area contributed by atoms with Crippen molar-refractivity contribution in [3.63, 3.8) is 0 Å². The summed E-state index contributed by atoms with van der Waals surface area (Å²) in [5.41, 5.74) is 0. The number of rotatable bonds is 3. The Bertz CT molecular complexity index is 370. The van der Waals surface area contributed by atoms with Crippen molar-refractivity contribution in [3.05, 3.63) is 0 Å². The number of carbonyl (C=O) groups excluding carboxylic acids is 2. The molecule has 1 saturated carbocycles. The van der Waals surface area contributed by atoms with E-state index in [2.05, 4.69) is 4.74 Å². The van der Waals surface area contributed by atoms with E-state index in [4.69, 9.17) is 10.4 Å². The fraction of sp³-hybridized carbons (Fsp3) is 0.600. The molecular formula is C10H11NO5. The first-order valence-corrected chi connectivity index (χ1v) is 4.73. The average Bonchev–Trinajstić information content (AvgIpc) is 2.54. The lowest BCUT2D eigenvalue weighted by Crippen LogP contribution is -2.24. The number of ether oxygens (including phenoxy) is 1. The first-order chi connectivity index (χ1) is 7.51. The molecule has 0 spiro atoms. The van der Waals surface area contributed by atoms with E-state index in [-0.39, 0.29) is 12.2 Å². The predicted molar refractivity (Wildman–Crippen MR) is 50.0 cm³/mol. The minimum Gasteiger partial charge on any atom is -0.481 e. The molecule has 0 aliphatic heterocycles. The Labute approximate surface area is 91.8 Å². The van der Waals surface area contributed by atoms with Crippen LogP contribution < -0.4 is 0 Å². The number of hydrogen-bond donors (Lipinski definition) is 1. The van der Waals surface area contributed by atoms with E-state index in [1.165, 1.54) is 7.11 Å². The van der Waals surface area contributed by atoms with Gasteiger partial charge in [-0.05, 0) is 0 Å². The third-order valence-corrected chi connectivity index (χ3v) is 2.75. The molecule has 1 aliphatic rings. The second-order valence-electron chi connectivity index (χ2n) is 3.66. The largest absolute Gasteiger partial charge is 0.481 e. The number of esters is 1.